The van der Waals surface area contributed by atoms with Crippen molar-refractivity contribution in [3.8, 4) is 10.6 Å². The maximum atomic E-state index is 12.7. The van der Waals surface area contributed by atoms with Gasteiger partial charge in [0.2, 0.25) is 0 Å². The number of aryl methyl sites for hydroxylation is 1. The number of carbonyl (C=O) groups is 1. The quantitative estimate of drug-likeness (QED) is 0.793. The first-order chi connectivity index (χ1) is 12.6. The second kappa shape index (κ2) is 5.82. The molecule has 142 valence electrons. The van der Waals surface area contributed by atoms with Crippen molar-refractivity contribution in [1.82, 2.24) is 10.3 Å². The Morgan fingerprint density at radius 2 is 1.89 bits per heavy atom. The van der Waals surface area contributed by atoms with Crippen molar-refractivity contribution < 1.29 is 23.1 Å². The molecule has 1 atom stereocenters. The highest BCUT2D eigenvalue weighted by Gasteiger charge is 2.52. The van der Waals surface area contributed by atoms with E-state index < -0.39 is 17.3 Å². The second-order valence-electron chi connectivity index (χ2n) is 7.15. The predicted molar refractivity (Wildman–Crippen MR) is 96.1 cm³/mol. The van der Waals surface area contributed by atoms with Gasteiger partial charge in [-0.25, -0.2) is 4.98 Å². The number of amides is 1. The van der Waals surface area contributed by atoms with Crippen molar-refractivity contribution in [2.24, 2.45) is 5.92 Å². The van der Waals surface area contributed by atoms with Gasteiger partial charge in [0.25, 0.3) is 5.91 Å². The van der Waals surface area contributed by atoms with E-state index >= 15 is 0 Å². The molecule has 0 radical (unpaired) electrons. The van der Waals surface area contributed by atoms with Gasteiger partial charge in [-0.1, -0.05) is 12.1 Å². The van der Waals surface area contributed by atoms with Gasteiger partial charge in [0.05, 0.1) is 16.8 Å². The third kappa shape index (κ3) is 2.92. The fourth-order valence-electron chi connectivity index (χ4n) is 3.45. The summed E-state index contributed by atoms with van der Waals surface area (Å²) in [5.41, 5.74) is -0.413. The Labute approximate surface area is 157 Å². The number of hydrogen-bond acceptors (Lipinski definition) is 4. The van der Waals surface area contributed by atoms with E-state index in [4.69, 9.17) is 0 Å². The third-order valence-corrected chi connectivity index (χ3v) is 6.24. The Bertz CT molecular complexity index is 958. The molecule has 1 amide bonds. The second-order valence-corrected chi connectivity index (χ2v) is 8.36. The molecule has 2 N–H and O–H groups in total. The molecule has 1 aliphatic carbocycles. The fourth-order valence-corrected chi connectivity index (χ4v) is 4.38. The van der Waals surface area contributed by atoms with Crippen LogP contribution >= 0.6 is 11.3 Å². The number of rotatable bonds is 3. The maximum Gasteiger partial charge on any atom is 0.416 e. The van der Waals surface area contributed by atoms with E-state index in [1.807, 2.05) is 6.92 Å². The lowest BCUT2D eigenvalue weighted by Gasteiger charge is -2.24. The smallest absolute Gasteiger partial charge is 0.416 e. The van der Waals surface area contributed by atoms with Crippen LogP contribution < -0.4 is 5.32 Å². The number of aliphatic hydroxyl groups is 1. The highest BCUT2D eigenvalue weighted by atomic mass is 32.1. The standard InChI is InChI=1S/C19H17F3N2O2S/c1-9-14(13-15(25)18(2,11-7-8-11)24-16(13)26)23-17(27-9)10-3-5-12(6-4-10)19(20,21)22/h3-6,11,25H,7-8H2,1-2H3,(H,24,26). The van der Waals surface area contributed by atoms with Crippen LogP contribution in [0.2, 0.25) is 0 Å². The zero-order chi connectivity index (χ0) is 19.6. The summed E-state index contributed by atoms with van der Waals surface area (Å²) in [6.07, 6.45) is -2.50. The Hall–Kier alpha value is -2.35. The van der Waals surface area contributed by atoms with Crippen LogP contribution in [-0.2, 0) is 11.0 Å². The van der Waals surface area contributed by atoms with Gasteiger partial charge in [-0.3, -0.25) is 4.79 Å². The molecule has 4 rings (SSSR count). The number of nitrogens with one attached hydrogen (secondary N) is 1. The average Bonchev–Trinajstić information content (AvgIpc) is 3.35. The zero-order valence-electron chi connectivity index (χ0n) is 14.6. The molecule has 1 saturated carbocycles. The molecule has 0 bridgehead atoms. The lowest BCUT2D eigenvalue weighted by atomic mass is 9.93. The van der Waals surface area contributed by atoms with Gasteiger partial charge < -0.3 is 10.4 Å². The van der Waals surface area contributed by atoms with Crippen molar-refractivity contribution in [2.75, 3.05) is 0 Å². The minimum Gasteiger partial charge on any atom is -0.509 e. The van der Waals surface area contributed by atoms with Crippen molar-refractivity contribution in [1.29, 1.82) is 0 Å². The normalized spacial score (nSPS) is 23.1. The number of thiazole rings is 1. The zero-order valence-corrected chi connectivity index (χ0v) is 15.5. The molecule has 27 heavy (non-hydrogen) atoms. The Morgan fingerprint density at radius 3 is 2.44 bits per heavy atom. The van der Waals surface area contributed by atoms with Crippen molar-refractivity contribution in [2.45, 2.75) is 38.4 Å². The summed E-state index contributed by atoms with van der Waals surface area (Å²) in [7, 11) is 0. The summed E-state index contributed by atoms with van der Waals surface area (Å²) in [6.45, 7) is 3.59. The number of aliphatic hydroxyl groups excluding tert-OH is 1. The van der Waals surface area contributed by atoms with Crippen LogP contribution in [-0.4, -0.2) is 21.5 Å². The molecule has 8 heteroatoms. The molecule has 1 aromatic carbocycles. The molecule has 2 aromatic rings. The van der Waals surface area contributed by atoms with Crippen molar-refractivity contribution in [3.63, 3.8) is 0 Å². The van der Waals surface area contributed by atoms with Crippen LogP contribution in [0.3, 0.4) is 0 Å². The first kappa shape index (κ1) is 18.0. The van der Waals surface area contributed by atoms with E-state index in [9.17, 15) is 23.1 Å². The van der Waals surface area contributed by atoms with Gasteiger partial charge in [0, 0.05) is 10.4 Å². The molecule has 1 unspecified atom stereocenters. The van der Waals surface area contributed by atoms with E-state index in [1.54, 1.807) is 6.92 Å². The summed E-state index contributed by atoms with van der Waals surface area (Å²) >= 11 is 1.28. The first-order valence-electron chi connectivity index (χ1n) is 8.53. The molecule has 0 saturated heterocycles. The number of hydrogen-bond donors (Lipinski definition) is 2. The lowest BCUT2D eigenvalue weighted by molar-refractivity contribution is -0.137. The molecular formula is C19H17F3N2O2S. The third-order valence-electron chi connectivity index (χ3n) is 5.22. The summed E-state index contributed by atoms with van der Waals surface area (Å²) in [5, 5.41) is 14.1. The Kier molecular flexibility index (Phi) is 3.89. The maximum absolute atomic E-state index is 12.7. The number of aromatic nitrogens is 1. The van der Waals surface area contributed by atoms with Gasteiger partial charge in [0.15, 0.2) is 0 Å². The van der Waals surface area contributed by atoms with Crippen molar-refractivity contribution in [3.05, 3.63) is 46.2 Å². The molecule has 1 fully saturated rings. The van der Waals surface area contributed by atoms with Gasteiger partial charge in [0.1, 0.15) is 16.3 Å². The lowest BCUT2D eigenvalue weighted by Crippen LogP contribution is -2.43. The molecule has 0 spiro atoms. The minimum atomic E-state index is -4.39. The predicted octanol–water partition coefficient (Wildman–Crippen LogP) is 4.70. The van der Waals surface area contributed by atoms with Crippen LogP contribution in [0.25, 0.3) is 16.1 Å². The van der Waals surface area contributed by atoms with E-state index in [2.05, 4.69) is 10.3 Å². The van der Waals surface area contributed by atoms with Crippen LogP contribution in [0.15, 0.2) is 30.0 Å². The number of carbonyl (C=O) groups excluding carboxylic acids is 1. The molecule has 2 aliphatic rings. The number of nitrogens with zero attached hydrogens (tertiary/aromatic N) is 1. The van der Waals surface area contributed by atoms with Gasteiger partial charge in [-0.2, -0.15) is 13.2 Å². The van der Waals surface area contributed by atoms with Crippen LogP contribution in [0.5, 0.6) is 0 Å². The summed E-state index contributed by atoms with van der Waals surface area (Å²) in [4.78, 5) is 17.7. The molecule has 4 nitrogen and oxygen atoms in total. The summed E-state index contributed by atoms with van der Waals surface area (Å²) < 4.78 is 38.2. The number of halogens is 3. The topological polar surface area (TPSA) is 62.2 Å². The molecule has 1 aromatic heterocycles. The van der Waals surface area contributed by atoms with E-state index in [0.717, 1.165) is 29.9 Å². The highest BCUT2D eigenvalue weighted by Crippen LogP contribution is 2.48. The van der Waals surface area contributed by atoms with Crippen LogP contribution in [0.1, 0.15) is 35.9 Å². The molecular weight excluding hydrogens is 377 g/mol. The summed E-state index contributed by atoms with van der Waals surface area (Å²) in [6, 6.07) is 4.74. The Morgan fingerprint density at radius 1 is 1.26 bits per heavy atom. The number of alkyl halides is 3. The monoisotopic (exact) mass is 394 g/mol. The van der Waals surface area contributed by atoms with Gasteiger partial charge >= 0.3 is 6.18 Å². The van der Waals surface area contributed by atoms with Gasteiger partial charge in [-0.05, 0) is 44.7 Å². The molecule has 2 heterocycles. The van der Waals surface area contributed by atoms with Gasteiger partial charge in [-0.15, -0.1) is 11.3 Å². The minimum absolute atomic E-state index is 0.00219. The van der Waals surface area contributed by atoms with Crippen molar-refractivity contribution >= 4 is 22.8 Å². The Balaban J connectivity index is 1.72. The SMILES string of the molecule is Cc1sc(-c2ccc(C(F)(F)F)cc2)nc1C1=C(O)C(C)(C2CC2)NC1=O. The van der Waals surface area contributed by atoms with E-state index in [1.165, 1.54) is 23.5 Å². The highest BCUT2D eigenvalue weighted by molar-refractivity contribution is 7.15. The first-order valence-corrected chi connectivity index (χ1v) is 9.34. The molecule has 1 aliphatic heterocycles. The van der Waals surface area contributed by atoms with E-state index in [0.29, 0.717) is 16.3 Å². The average molecular weight is 394 g/mol. The largest absolute Gasteiger partial charge is 0.509 e. The van der Waals surface area contributed by atoms with Crippen LogP contribution in [0.4, 0.5) is 13.2 Å². The summed E-state index contributed by atoms with van der Waals surface area (Å²) in [5.74, 6) is -0.149. The number of benzene rings is 1. The fraction of sp³-hybridized carbons (Fsp3) is 0.368. The van der Waals surface area contributed by atoms with Crippen LogP contribution in [0, 0.1) is 12.8 Å². The van der Waals surface area contributed by atoms with E-state index in [-0.39, 0.29) is 23.2 Å².